The summed E-state index contributed by atoms with van der Waals surface area (Å²) in [6.45, 7) is 4.21. The van der Waals surface area contributed by atoms with Gasteiger partial charge in [-0.3, -0.25) is 0 Å². The number of aromatic nitrogens is 2. The lowest BCUT2D eigenvalue weighted by molar-refractivity contribution is 0.522. The molecule has 90 valence electrons. The monoisotopic (exact) mass is 268 g/mol. The lowest BCUT2D eigenvalue weighted by Crippen LogP contribution is -2.16. The van der Waals surface area contributed by atoms with E-state index >= 15 is 0 Å². The summed E-state index contributed by atoms with van der Waals surface area (Å²) in [6, 6.07) is 5.91. The third-order valence-corrected chi connectivity index (χ3v) is 4.03. The van der Waals surface area contributed by atoms with Crippen LogP contribution in [0.3, 0.4) is 0 Å². The zero-order valence-corrected chi connectivity index (χ0v) is 11.4. The minimum absolute atomic E-state index is 0.101. The average Bonchev–Trinajstić information content (AvgIpc) is 2.88. The fourth-order valence-electron chi connectivity index (χ4n) is 2.32. The second-order valence-electron chi connectivity index (χ2n) is 5.03. The van der Waals surface area contributed by atoms with Gasteiger partial charge in [0.15, 0.2) is 0 Å². The van der Waals surface area contributed by atoms with Crippen molar-refractivity contribution >= 4 is 34.2 Å². The molecule has 0 saturated heterocycles. The minimum Gasteiger partial charge on any atom is -0.321 e. The first-order valence-electron chi connectivity index (χ1n) is 5.84. The van der Waals surface area contributed by atoms with E-state index in [1.54, 1.807) is 0 Å². The quantitative estimate of drug-likeness (QED) is 0.734. The maximum absolute atomic E-state index is 6.24. The number of rotatable bonds is 2. The molecule has 1 fully saturated rings. The molecule has 2 aromatic rings. The van der Waals surface area contributed by atoms with E-state index in [0.29, 0.717) is 5.02 Å². The van der Waals surface area contributed by atoms with E-state index in [4.69, 9.17) is 23.2 Å². The van der Waals surface area contributed by atoms with Gasteiger partial charge in [0.05, 0.1) is 15.9 Å². The van der Waals surface area contributed by atoms with Gasteiger partial charge in [-0.2, -0.15) is 0 Å². The molecule has 4 heteroatoms. The lowest BCUT2D eigenvalue weighted by atomic mass is 10.2. The molecule has 0 spiro atoms. The van der Waals surface area contributed by atoms with Crippen molar-refractivity contribution in [2.24, 2.45) is 0 Å². The second kappa shape index (κ2) is 3.63. The molecule has 1 aromatic carbocycles. The highest BCUT2D eigenvalue weighted by atomic mass is 35.5. The van der Waals surface area contributed by atoms with E-state index in [9.17, 15) is 0 Å². The van der Waals surface area contributed by atoms with Crippen molar-refractivity contribution in [3.63, 3.8) is 0 Å². The number of imidazole rings is 1. The predicted octanol–water partition coefficient (Wildman–Crippen LogP) is 4.50. The van der Waals surface area contributed by atoms with E-state index in [1.807, 2.05) is 19.1 Å². The molecule has 1 unspecified atom stereocenters. The number of nitrogens with zero attached hydrogens (tertiary/aromatic N) is 2. The maximum atomic E-state index is 6.24. The largest absolute Gasteiger partial charge is 0.321 e. The molecule has 1 saturated carbocycles. The number of alkyl halides is 1. The first kappa shape index (κ1) is 11.4. The summed E-state index contributed by atoms with van der Waals surface area (Å²) < 4.78 is 2.27. The average molecular weight is 269 g/mol. The molecule has 0 amide bonds. The van der Waals surface area contributed by atoms with Gasteiger partial charge in [0.25, 0.3) is 0 Å². The third kappa shape index (κ3) is 1.66. The number of benzene rings is 1. The van der Waals surface area contributed by atoms with E-state index < -0.39 is 0 Å². The highest BCUT2D eigenvalue weighted by Gasteiger charge is 2.42. The van der Waals surface area contributed by atoms with Gasteiger partial charge in [0.2, 0.25) is 0 Å². The smallest absolute Gasteiger partial charge is 0.128 e. The Morgan fingerprint density at radius 3 is 2.71 bits per heavy atom. The number of halogens is 2. The Bertz CT molecular complexity index is 582. The van der Waals surface area contributed by atoms with Crippen LogP contribution >= 0.6 is 23.2 Å². The Hall–Kier alpha value is -0.730. The van der Waals surface area contributed by atoms with E-state index in [0.717, 1.165) is 16.9 Å². The molecule has 1 heterocycles. The molecule has 17 heavy (non-hydrogen) atoms. The normalized spacial score (nSPS) is 19.5. The number of fused-ring (bicyclic) bond motifs is 1. The van der Waals surface area contributed by atoms with Crippen LogP contribution in [-0.2, 0) is 5.54 Å². The highest BCUT2D eigenvalue weighted by Crippen LogP contribution is 2.47. The van der Waals surface area contributed by atoms with Crippen LogP contribution < -0.4 is 0 Å². The molecular weight excluding hydrogens is 255 g/mol. The van der Waals surface area contributed by atoms with Gasteiger partial charge in [-0.05, 0) is 38.8 Å². The van der Waals surface area contributed by atoms with Crippen LogP contribution in [0.4, 0.5) is 0 Å². The molecule has 0 N–H and O–H groups in total. The molecule has 1 aliphatic rings. The van der Waals surface area contributed by atoms with Crippen LogP contribution in [0, 0.1) is 0 Å². The number of hydrogen-bond donors (Lipinski definition) is 0. The lowest BCUT2D eigenvalue weighted by Gasteiger charge is -2.17. The van der Waals surface area contributed by atoms with Crippen molar-refractivity contribution < 1.29 is 0 Å². The molecule has 0 radical (unpaired) electrons. The van der Waals surface area contributed by atoms with Gasteiger partial charge >= 0.3 is 0 Å². The highest BCUT2D eigenvalue weighted by molar-refractivity contribution is 6.35. The summed E-state index contributed by atoms with van der Waals surface area (Å²) >= 11 is 12.4. The van der Waals surface area contributed by atoms with Gasteiger partial charge in [0.1, 0.15) is 11.3 Å². The van der Waals surface area contributed by atoms with E-state index in [2.05, 4.69) is 22.5 Å². The molecule has 1 aliphatic carbocycles. The van der Waals surface area contributed by atoms with Gasteiger partial charge in [0, 0.05) is 5.54 Å². The Kier molecular flexibility index (Phi) is 2.43. The predicted molar refractivity (Wildman–Crippen MR) is 71.9 cm³/mol. The Balaban J connectivity index is 2.36. The number of para-hydroxylation sites is 1. The van der Waals surface area contributed by atoms with Crippen molar-refractivity contribution in [2.75, 3.05) is 0 Å². The first-order chi connectivity index (χ1) is 8.03. The Morgan fingerprint density at radius 2 is 2.12 bits per heavy atom. The van der Waals surface area contributed by atoms with E-state index in [1.165, 1.54) is 12.8 Å². The zero-order chi connectivity index (χ0) is 12.2. The van der Waals surface area contributed by atoms with Crippen LogP contribution in [0.2, 0.25) is 5.02 Å². The molecule has 1 atom stereocenters. The van der Waals surface area contributed by atoms with E-state index in [-0.39, 0.29) is 10.9 Å². The summed E-state index contributed by atoms with van der Waals surface area (Å²) in [7, 11) is 0. The minimum atomic E-state index is -0.101. The molecule has 1 aromatic heterocycles. The van der Waals surface area contributed by atoms with Gasteiger partial charge in [-0.15, -0.1) is 11.6 Å². The van der Waals surface area contributed by atoms with Crippen molar-refractivity contribution in [1.29, 1.82) is 0 Å². The topological polar surface area (TPSA) is 17.8 Å². The Labute approximate surface area is 111 Å². The Morgan fingerprint density at radius 1 is 1.41 bits per heavy atom. The van der Waals surface area contributed by atoms with Gasteiger partial charge in [-0.25, -0.2) is 4.98 Å². The third-order valence-electron chi connectivity index (χ3n) is 3.53. The molecular formula is C13H14Cl2N2. The summed E-state index contributed by atoms with van der Waals surface area (Å²) in [5, 5.41) is 0.597. The van der Waals surface area contributed by atoms with Crippen LogP contribution in [0.15, 0.2) is 18.2 Å². The van der Waals surface area contributed by atoms with Crippen molar-refractivity contribution in [3.05, 3.63) is 29.0 Å². The van der Waals surface area contributed by atoms with Crippen LogP contribution in [0.5, 0.6) is 0 Å². The molecule has 3 rings (SSSR count). The van der Waals surface area contributed by atoms with Crippen LogP contribution in [0.1, 0.15) is 37.9 Å². The zero-order valence-electron chi connectivity index (χ0n) is 9.87. The first-order valence-corrected chi connectivity index (χ1v) is 6.66. The summed E-state index contributed by atoms with van der Waals surface area (Å²) in [6.07, 6.45) is 2.36. The fourth-order valence-corrected chi connectivity index (χ4v) is 2.68. The van der Waals surface area contributed by atoms with Gasteiger partial charge in [-0.1, -0.05) is 17.7 Å². The number of hydrogen-bond acceptors (Lipinski definition) is 1. The summed E-state index contributed by atoms with van der Waals surface area (Å²) in [5.74, 6) is 0.926. The van der Waals surface area contributed by atoms with Gasteiger partial charge < -0.3 is 4.57 Å². The SMILES string of the molecule is CC(Cl)c1nc2c(Cl)cccc2n1C1(C)CC1. The van der Waals surface area contributed by atoms with Crippen LogP contribution in [0.25, 0.3) is 11.0 Å². The van der Waals surface area contributed by atoms with Crippen molar-refractivity contribution in [1.82, 2.24) is 9.55 Å². The molecule has 2 nitrogen and oxygen atoms in total. The summed E-state index contributed by atoms with van der Waals surface area (Å²) in [5.41, 5.74) is 2.14. The standard InChI is InChI=1S/C13H14Cl2N2/c1-8(14)12-16-11-9(15)4-3-5-10(11)17(12)13(2)6-7-13/h3-5,8H,6-7H2,1-2H3. The molecule has 0 bridgehead atoms. The van der Waals surface area contributed by atoms with Crippen LogP contribution in [-0.4, -0.2) is 9.55 Å². The molecule has 0 aliphatic heterocycles. The van der Waals surface area contributed by atoms with Crippen molar-refractivity contribution in [3.8, 4) is 0 Å². The second-order valence-corrected chi connectivity index (χ2v) is 6.09. The fraction of sp³-hybridized carbons (Fsp3) is 0.462. The summed E-state index contributed by atoms with van der Waals surface area (Å²) in [4.78, 5) is 4.62. The maximum Gasteiger partial charge on any atom is 0.128 e. The van der Waals surface area contributed by atoms with Crippen molar-refractivity contribution in [2.45, 2.75) is 37.6 Å².